The van der Waals surface area contributed by atoms with Crippen molar-refractivity contribution in [2.75, 3.05) is 0 Å². The molecule has 0 aromatic carbocycles. The zero-order valence-electron chi connectivity index (χ0n) is 9.49. The van der Waals surface area contributed by atoms with Gasteiger partial charge in [-0.3, -0.25) is 9.11 Å². The second kappa shape index (κ2) is 11.3. The van der Waals surface area contributed by atoms with Gasteiger partial charge < -0.3 is 11.9 Å². The van der Waals surface area contributed by atoms with Crippen molar-refractivity contribution in [3.8, 4) is 0 Å². The van der Waals surface area contributed by atoms with Crippen LogP contribution >= 0.6 is 0 Å². The molecule has 0 aromatic heterocycles. The van der Waals surface area contributed by atoms with Crippen LogP contribution in [0.3, 0.4) is 0 Å². The van der Waals surface area contributed by atoms with E-state index < -0.39 is 9.05 Å². The summed E-state index contributed by atoms with van der Waals surface area (Å²) in [6.45, 7) is 1.94. The summed E-state index contributed by atoms with van der Waals surface area (Å²) in [6, 6.07) is 0. The molecule has 1 aliphatic carbocycles. The summed E-state index contributed by atoms with van der Waals surface area (Å²) < 4.78 is 24.0. The van der Waals surface area contributed by atoms with Gasteiger partial charge in [-0.05, 0) is 0 Å². The number of hydrogen-bond acceptors (Lipinski definition) is 3. The van der Waals surface area contributed by atoms with E-state index in [-0.39, 0.29) is 41.0 Å². The summed E-state index contributed by atoms with van der Waals surface area (Å²) in [4.78, 5) is 10.3. The molecule has 0 fully saturated rings. The maximum absolute atomic E-state index is 10.3. The monoisotopic (exact) mass is 288 g/mol. The van der Waals surface area contributed by atoms with Gasteiger partial charge in [-0.25, -0.2) is 4.79 Å². The molecule has 0 spiro atoms. The van der Waals surface area contributed by atoms with Gasteiger partial charge in [-0.2, -0.15) is 11.1 Å². The number of hydrogen-bond donors (Lipinski definition) is 2. The van der Waals surface area contributed by atoms with Crippen LogP contribution in [0.1, 0.15) is 6.92 Å². The van der Waals surface area contributed by atoms with Crippen molar-refractivity contribution < 1.29 is 53.1 Å². The summed E-state index contributed by atoms with van der Waals surface area (Å²) in [6.07, 6.45) is 9.52. The summed E-state index contributed by atoms with van der Waals surface area (Å²) >= 11 is 3.47. The molecule has 0 saturated carbocycles. The average Bonchev–Trinajstić information content (AvgIpc) is 2.15. The van der Waals surface area contributed by atoms with Crippen LogP contribution in [0.4, 0.5) is 0 Å². The van der Waals surface area contributed by atoms with Gasteiger partial charge >= 0.3 is 29.6 Å². The van der Waals surface area contributed by atoms with Crippen molar-refractivity contribution in [3.63, 3.8) is 0 Å². The molecular weight excluding hydrogens is 275 g/mol. The van der Waals surface area contributed by atoms with Gasteiger partial charge in [-0.15, -0.1) is 12.0 Å². The second-order valence-corrected chi connectivity index (χ2v) is 4.81. The van der Waals surface area contributed by atoms with Crippen LogP contribution in [0.15, 0.2) is 29.9 Å². The van der Waals surface area contributed by atoms with Crippen molar-refractivity contribution in [1.29, 1.82) is 0 Å². The third-order valence-electron chi connectivity index (χ3n) is 1.54. The van der Waals surface area contributed by atoms with E-state index >= 15 is 0 Å². The normalized spacial score (nSPS) is 16.9. The summed E-state index contributed by atoms with van der Waals surface area (Å²) in [5.41, 5.74) is 0.713. The molecule has 0 amide bonds. The molecule has 0 aromatic rings. The van der Waals surface area contributed by atoms with Crippen molar-refractivity contribution in [2.24, 2.45) is 5.92 Å². The minimum absolute atomic E-state index is 0. The van der Waals surface area contributed by atoms with Gasteiger partial charge in [0.25, 0.3) is 9.05 Å². The largest absolute Gasteiger partial charge is 1.00 e. The Hall–Kier alpha value is 0.180. The number of rotatable bonds is 1. The number of carbonyl (C=O) groups excluding carboxylic acids is 1. The molecule has 8 heteroatoms. The van der Waals surface area contributed by atoms with Gasteiger partial charge in [0.1, 0.15) is 5.94 Å². The van der Waals surface area contributed by atoms with E-state index in [1.54, 1.807) is 6.08 Å². The summed E-state index contributed by atoms with van der Waals surface area (Å²) in [7, 11) is -3.83. The van der Waals surface area contributed by atoms with Crippen LogP contribution in [0.2, 0.25) is 0 Å². The molecule has 1 rings (SSSR count). The first-order valence-electron chi connectivity index (χ1n) is 3.97. The molecule has 1 unspecified atom stereocenters. The van der Waals surface area contributed by atoms with E-state index in [1.807, 2.05) is 37.5 Å². The molecule has 17 heavy (non-hydrogen) atoms. The second-order valence-electron chi connectivity index (χ2n) is 2.61. The average molecular weight is 288 g/mol. The fourth-order valence-corrected chi connectivity index (χ4v) is 0.951. The predicted molar refractivity (Wildman–Crippen MR) is 65.3 cm³/mol. The van der Waals surface area contributed by atoms with Crippen molar-refractivity contribution in [2.45, 2.75) is 6.92 Å². The zero-order chi connectivity index (χ0) is 11.9. The molecule has 1 atom stereocenters. The Morgan fingerprint density at radius 1 is 1.47 bits per heavy atom. The fraction of sp³-hybridized carbons (Fsp3) is 0.222. The van der Waals surface area contributed by atoms with E-state index in [0.717, 1.165) is 0 Å². The first-order chi connectivity index (χ1) is 6.88. The number of allylic oxidation sites excluding steroid dienone is 5. The summed E-state index contributed by atoms with van der Waals surface area (Å²) in [5.74, 6) is 2.07. The molecular formula is C9H13NaO5S2. The first kappa shape index (κ1) is 22.4. The quantitative estimate of drug-likeness (QED) is 0.317. The van der Waals surface area contributed by atoms with Crippen LogP contribution in [0, 0.1) is 12.3 Å². The minimum Gasteiger partial charge on any atom is -0.412 e. The standard InChI is InChI=1S/C9H9O.Na.H2O3S2.H2O/c1-2-8-5-3-4-6-9(8)7-10;;1-5(2,3)4;/h2-6,8H,1H3;;(H2,1,2,3,4);1H2/q-1;+1;;. The van der Waals surface area contributed by atoms with Gasteiger partial charge in [0.05, 0.1) is 0 Å². The summed E-state index contributed by atoms with van der Waals surface area (Å²) in [5, 5.41) is 0. The van der Waals surface area contributed by atoms with Crippen molar-refractivity contribution >= 4 is 26.2 Å². The smallest absolute Gasteiger partial charge is 0.412 e. The molecule has 1 aliphatic rings. The zero-order valence-corrected chi connectivity index (χ0v) is 13.1. The Kier molecular flexibility index (Phi) is 14.8. The Bertz CT molecular complexity index is 399. The molecule has 0 bridgehead atoms. The van der Waals surface area contributed by atoms with E-state index in [9.17, 15) is 4.79 Å². The molecule has 5 nitrogen and oxygen atoms in total. The molecule has 0 aliphatic heterocycles. The SMILES string of the molecule is C[CH-]C1C=CC=CC1=C=O.O.O=S(O)(O)=S.[Na+]. The molecule has 92 valence electrons. The maximum Gasteiger partial charge on any atom is 1.00 e. The van der Waals surface area contributed by atoms with Crippen molar-refractivity contribution in [3.05, 3.63) is 36.3 Å². The molecule has 0 saturated heterocycles. The van der Waals surface area contributed by atoms with Crippen LogP contribution in [-0.2, 0) is 25.0 Å². The fourth-order valence-electron chi connectivity index (χ4n) is 0.951. The van der Waals surface area contributed by atoms with Gasteiger partial charge in [0.2, 0.25) is 0 Å². The van der Waals surface area contributed by atoms with E-state index in [4.69, 9.17) is 13.3 Å². The van der Waals surface area contributed by atoms with Gasteiger partial charge in [0.15, 0.2) is 0 Å². The van der Waals surface area contributed by atoms with E-state index in [2.05, 4.69) is 11.2 Å². The van der Waals surface area contributed by atoms with Crippen LogP contribution in [0.25, 0.3) is 0 Å². The van der Waals surface area contributed by atoms with E-state index in [1.165, 1.54) is 0 Å². The van der Waals surface area contributed by atoms with Gasteiger partial charge in [-0.1, -0.05) is 18.2 Å². The van der Waals surface area contributed by atoms with E-state index in [0.29, 0.717) is 5.57 Å². The minimum atomic E-state index is -3.83. The van der Waals surface area contributed by atoms with Crippen molar-refractivity contribution in [1.82, 2.24) is 0 Å². The van der Waals surface area contributed by atoms with Gasteiger partial charge in [0, 0.05) is 16.8 Å². The first-order valence-corrected chi connectivity index (χ1v) is 6.37. The van der Waals surface area contributed by atoms with Crippen LogP contribution in [0.5, 0.6) is 0 Å². The third kappa shape index (κ3) is 14.1. The topological polar surface area (TPSA) is 106 Å². The maximum atomic E-state index is 10.3. The Balaban J connectivity index is -0.000000247. The molecule has 4 N–H and O–H groups in total. The molecule has 0 heterocycles. The Morgan fingerprint density at radius 3 is 2.24 bits per heavy atom. The van der Waals surface area contributed by atoms with Crippen LogP contribution < -0.4 is 29.6 Å². The Morgan fingerprint density at radius 2 is 1.94 bits per heavy atom. The third-order valence-corrected chi connectivity index (χ3v) is 1.54. The predicted octanol–water partition coefficient (Wildman–Crippen LogP) is -2.43. The van der Waals surface area contributed by atoms with Crippen LogP contribution in [-0.4, -0.2) is 24.7 Å². The Labute approximate surface area is 128 Å². The molecule has 0 radical (unpaired) electrons.